The average molecular weight is 210 g/mol. The van der Waals surface area contributed by atoms with Crippen LogP contribution in [0.2, 0.25) is 0 Å². The topological polar surface area (TPSA) is 50.4 Å². The Morgan fingerprint density at radius 3 is 3.07 bits per heavy atom. The van der Waals surface area contributed by atoms with E-state index in [2.05, 4.69) is 0 Å². The van der Waals surface area contributed by atoms with Gasteiger partial charge in [0.15, 0.2) is 5.58 Å². The van der Waals surface area contributed by atoms with E-state index in [0.29, 0.717) is 12.0 Å². The minimum Gasteiger partial charge on any atom is -0.414 e. The summed E-state index contributed by atoms with van der Waals surface area (Å²) in [6.45, 7) is 1.71. The molecule has 0 aliphatic heterocycles. The lowest BCUT2D eigenvalue weighted by atomic mass is 10.1. The second-order valence-corrected chi connectivity index (χ2v) is 4.23. The van der Waals surface area contributed by atoms with Crippen LogP contribution in [0, 0.1) is 0 Å². The van der Waals surface area contributed by atoms with E-state index < -0.39 is 6.10 Å². The first-order chi connectivity index (χ1) is 6.66. The Hall–Kier alpha value is -1.13. The maximum Gasteiger partial charge on any atom is 0.396 e. The van der Waals surface area contributed by atoms with Gasteiger partial charge in [-0.1, -0.05) is 23.5 Å². The zero-order valence-electron chi connectivity index (χ0n) is 7.69. The molecule has 1 atom stereocenters. The van der Waals surface area contributed by atoms with Gasteiger partial charge < -0.3 is 9.52 Å². The minimum atomic E-state index is -0.425. The average Bonchev–Trinajstić information content (AvgIpc) is 2.45. The van der Waals surface area contributed by atoms with Crippen molar-refractivity contribution in [3.05, 3.63) is 33.5 Å². The van der Waals surface area contributed by atoms with Gasteiger partial charge in [0.05, 0.1) is 10.8 Å². The maximum absolute atomic E-state index is 11.0. The summed E-state index contributed by atoms with van der Waals surface area (Å²) in [7, 11) is 0. The van der Waals surface area contributed by atoms with Crippen molar-refractivity contribution in [2.45, 2.75) is 19.4 Å². The molecule has 3 nitrogen and oxygen atoms in total. The van der Waals surface area contributed by atoms with Crippen LogP contribution < -0.4 is 4.94 Å². The molecule has 2 rings (SSSR count). The summed E-state index contributed by atoms with van der Waals surface area (Å²) >= 11 is 1.09. The number of aliphatic hydroxyl groups excluding tert-OH is 1. The smallest absolute Gasteiger partial charge is 0.396 e. The van der Waals surface area contributed by atoms with E-state index in [9.17, 15) is 9.90 Å². The number of hydrogen-bond donors (Lipinski definition) is 1. The van der Waals surface area contributed by atoms with Crippen LogP contribution in [0.25, 0.3) is 10.3 Å². The molecule has 74 valence electrons. The lowest BCUT2D eigenvalue weighted by molar-refractivity contribution is 0.195. The van der Waals surface area contributed by atoms with Gasteiger partial charge in [-0.3, -0.25) is 0 Å². The van der Waals surface area contributed by atoms with Gasteiger partial charge in [-0.05, 0) is 18.6 Å². The standard InChI is InChI=1S/C10H10O3S/c1-6(11)5-7-3-2-4-8-9(7)13-10(12)14-8/h2-4,6,11H,5H2,1H3. The Bertz CT molecular complexity index is 495. The van der Waals surface area contributed by atoms with Crippen molar-refractivity contribution in [3.8, 4) is 0 Å². The fourth-order valence-electron chi connectivity index (χ4n) is 1.43. The Labute approximate surface area is 84.6 Å². The number of rotatable bonds is 2. The van der Waals surface area contributed by atoms with Crippen molar-refractivity contribution >= 4 is 21.6 Å². The molecular formula is C10H10O3S. The van der Waals surface area contributed by atoms with Crippen LogP contribution >= 0.6 is 11.3 Å². The third-order valence-corrected chi connectivity index (χ3v) is 2.75. The number of fused-ring (bicyclic) bond motifs is 1. The summed E-state index contributed by atoms with van der Waals surface area (Å²) in [5.41, 5.74) is 1.50. The van der Waals surface area contributed by atoms with Crippen LogP contribution in [0.1, 0.15) is 12.5 Å². The summed E-state index contributed by atoms with van der Waals surface area (Å²) in [4.78, 5) is 10.7. The molecule has 14 heavy (non-hydrogen) atoms. The Kier molecular flexibility index (Phi) is 2.39. The SMILES string of the molecule is CC(O)Cc1cccc2sc(=O)oc12. The molecular weight excluding hydrogens is 200 g/mol. The van der Waals surface area contributed by atoms with Crippen LogP contribution in [0.5, 0.6) is 0 Å². The molecule has 1 heterocycles. The van der Waals surface area contributed by atoms with E-state index in [4.69, 9.17) is 4.42 Å². The van der Waals surface area contributed by atoms with Crippen LogP contribution in [-0.2, 0) is 6.42 Å². The largest absolute Gasteiger partial charge is 0.414 e. The monoisotopic (exact) mass is 210 g/mol. The zero-order valence-corrected chi connectivity index (χ0v) is 8.50. The fraction of sp³-hybridized carbons (Fsp3) is 0.300. The molecule has 0 fully saturated rings. The normalized spacial score (nSPS) is 13.3. The van der Waals surface area contributed by atoms with Crippen LogP contribution in [0.4, 0.5) is 0 Å². The molecule has 0 radical (unpaired) electrons. The molecule has 1 aromatic carbocycles. The minimum absolute atomic E-state index is 0.293. The highest BCUT2D eigenvalue weighted by Crippen LogP contribution is 2.21. The van der Waals surface area contributed by atoms with E-state index in [0.717, 1.165) is 21.6 Å². The number of aliphatic hydroxyl groups is 1. The molecule has 0 aliphatic rings. The lowest BCUT2D eigenvalue weighted by Gasteiger charge is -2.03. The van der Waals surface area contributed by atoms with Gasteiger partial charge in [0.1, 0.15) is 0 Å². The molecule has 1 N–H and O–H groups in total. The molecule has 4 heteroatoms. The molecule has 0 bridgehead atoms. The van der Waals surface area contributed by atoms with Crippen LogP contribution in [-0.4, -0.2) is 11.2 Å². The summed E-state index contributed by atoms with van der Waals surface area (Å²) < 4.78 is 5.89. The van der Waals surface area contributed by atoms with Gasteiger partial charge in [0.2, 0.25) is 0 Å². The highest BCUT2D eigenvalue weighted by Gasteiger charge is 2.08. The van der Waals surface area contributed by atoms with Crippen molar-refractivity contribution in [1.29, 1.82) is 0 Å². The highest BCUT2D eigenvalue weighted by molar-refractivity contribution is 7.16. The van der Waals surface area contributed by atoms with E-state index in [-0.39, 0.29) is 4.94 Å². The Morgan fingerprint density at radius 1 is 1.57 bits per heavy atom. The van der Waals surface area contributed by atoms with Gasteiger partial charge in [-0.25, -0.2) is 4.79 Å². The molecule has 1 aromatic heterocycles. The molecule has 0 spiro atoms. The third kappa shape index (κ3) is 1.71. The Balaban J connectivity index is 2.58. The summed E-state index contributed by atoms with van der Waals surface area (Å²) in [5, 5.41) is 9.26. The van der Waals surface area contributed by atoms with Gasteiger partial charge >= 0.3 is 4.94 Å². The van der Waals surface area contributed by atoms with Crippen LogP contribution in [0.15, 0.2) is 27.4 Å². The number of para-hydroxylation sites is 1. The third-order valence-electron chi connectivity index (χ3n) is 1.95. The highest BCUT2D eigenvalue weighted by atomic mass is 32.1. The molecule has 0 saturated carbocycles. The molecule has 2 aromatic rings. The van der Waals surface area contributed by atoms with Crippen LogP contribution in [0.3, 0.4) is 0 Å². The molecule has 0 aliphatic carbocycles. The van der Waals surface area contributed by atoms with Crippen molar-refractivity contribution in [3.63, 3.8) is 0 Å². The first-order valence-electron chi connectivity index (χ1n) is 4.36. The quantitative estimate of drug-likeness (QED) is 0.822. The van der Waals surface area contributed by atoms with E-state index in [1.807, 2.05) is 18.2 Å². The summed E-state index contributed by atoms with van der Waals surface area (Å²) in [5.74, 6) is 0. The van der Waals surface area contributed by atoms with Crippen molar-refractivity contribution in [2.24, 2.45) is 0 Å². The van der Waals surface area contributed by atoms with Gasteiger partial charge in [0.25, 0.3) is 0 Å². The van der Waals surface area contributed by atoms with Gasteiger partial charge in [-0.2, -0.15) is 0 Å². The maximum atomic E-state index is 11.0. The predicted octanol–water partition coefficient (Wildman–Crippen LogP) is 1.78. The molecule has 0 amide bonds. The van der Waals surface area contributed by atoms with Crippen molar-refractivity contribution in [1.82, 2.24) is 0 Å². The first kappa shape index (κ1) is 9.43. The van der Waals surface area contributed by atoms with E-state index in [1.54, 1.807) is 6.92 Å². The van der Waals surface area contributed by atoms with E-state index in [1.165, 1.54) is 0 Å². The molecule has 1 unspecified atom stereocenters. The number of benzene rings is 1. The van der Waals surface area contributed by atoms with Gasteiger partial charge in [0, 0.05) is 6.42 Å². The fourth-order valence-corrected chi connectivity index (χ4v) is 2.15. The first-order valence-corrected chi connectivity index (χ1v) is 5.18. The van der Waals surface area contributed by atoms with Crippen molar-refractivity contribution < 1.29 is 9.52 Å². The number of hydrogen-bond acceptors (Lipinski definition) is 4. The predicted molar refractivity (Wildman–Crippen MR) is 55.7 cm³/mol. The van der Waals surface area contributed by atoms with E-state index >= 15 is 0 Å². The molecule has 0 saturated heterocycles. The van der Waals surface area contributed by atoms with Crippen molar-refractivity contribution in [2.75, 3.05) is 0 Å². The van der Waals surface area contributed by atoms with Gasteiger partial charge in [-0.15, -0.1) is 0 Å². The summed E-state index contributed by atoms with van der Waals surface area (Å²) in [6.07, 6.45) is 0.0857. The second-order valence-electron chi connectivity index (χ2n) is 3.25. The zero-order chi connectivity index (χ0) is 10.1. The Morgan fingerprint density at radius 2 is 2.36 bits per heavy atom. The lowest BCUT2D eigenvalue weighted by Crippen LogP contribution is -2.04. The second kappa shape index (κ2) is 3.55. The summed E-state index contributed by atoms with van der Waals surface area (Å²) in [6, 6.07) is 5.58.